The normalized spacial score (nSPS) is 29.6. The van der Waals surface area contributed by atoms with Crippen LogP contribution in [0.4, 0.5) is 5.69 Å². The third-order valence-corrected chi connectivity index (χ3v) is 13.4. The van der Waals surface area contributed by atoms with Crippen molar-refractivity contribution < 1.29 is 23.9 Å². The second-order valence-corrected chi connectivity index (χ2v) is 16.6. The smallest absolute Gasteiger partial charge is 0.262 e. The zero-order chi connectivity index (χ0) is 37.8. The second kappa shape index (κ2) is 14.7. The summed E-state index contributed by atoms with van der Waals surface area (Å²) < 4.78 is 6.28. The van der Waals surface area contributed by atoms with Gasteiger partial charge in [-0.1, -0.05) is 23.8 Å². The first kappa shape index (κ1) is 35.8. The summed E-state index contributed by atoms with van der Waals surface area (Å²) in [4.78, 5) is 62.0. The van der Waals surface area contributed by atoms with Crippen molar-refractivity contribution in [3.05, 3.63) is 82.2 Å². The Hall–Kier alpha value is -4.86. The number of anilines is 1. The molecule has 2 saturated carbocycles. The summed E-state index contributed by atoms with van der Waals surface area (Å²) in [5.41, 5.74) is 2.07. The number of hydrogen-bond donors (Lipinski definition) is 1. The molecule has 3 saturated heterocycles. The average Bonchev–Trinajstić information content (AvgIpc) is 3.86. The molecule has 5 heterocycles. The quantitative estimate of drug-likeness (QED) is 0.402. The van der Waals surface area contributed by atoms with Crippen LogP contribution in [0.1, 0.15) is 77.6 Å². The highest BCUT2D eigenvalue weighted by Gasteiger charge is 2.47. The van der Waals surface area contributed by atoms with E-state index in [1.807, 2.05) is 18.2 Å². The van der Waals surface area contributed by atoms with E-state index in [9.17, 15) is 24.4 Å². The number of ether oxygens (including phenoxy) is 1. The lowest BCUT2D eigenvalue weighted by atomic mass is 9.91. The molecule has 0 radical (unpaired) electrons. The molecule has 12 nitrogen and oxygen atoms in total. The van der Waals surface area contributed by atoms with E-state index >= 15 is 0 Å². The molecule has 4 atom stereocenters. The number of rotatable bonds is 7. The van der Waals surface area contributed by atoms with Gasteiger partial charge in [0.05, 0.1) is 27.8 Å². The van der Waals surface area contributed by atoms with Gasteiger partial charge in [-0.25, -0.2) is 0 Å². The highest BCUT2D eigenvalue weighted by atomic mass is 35.5. The van der Waals surface area contributed by atoms with Crippen molar-refractivity contribution in [1.29, 1.82) is 5.26 Å². The number of nitrogens with one attached hydrogen (secondary N) is 1. The summed E-state index contributed by atoms with van der Waals surface area (Å²) in [5, 5.41) is 11.9. The summed E-state index contributed by atoms with van der Waals surface area (Å²) in [5.74, 6) is 1.36. The number of halogens is 1. The highest BCUT2D eigenvalue weighted by Crippen LogP contribution is 2.43. The Kier molecular flexibility index (Phi) is 9.55. The zero-order valence-electron chi connectivity index (χ0n) is 30.9. The molecule has 286 valence electrons. The van der Waals surface area contributed by atoms with Gasteiger partial charge >= 0.3 is 0 Å². The third-order valence-electron chi connectivity index (χ3n) is 13.1. The third kappa shape index (κ3) is 6.76. The Morgan fingerprint density at radius 2 is 1.56 bits per heavy atom. The van der Waals surface area contributed by atoms with Gasteiger partial charge in [0.2, 0.25) is 11.8 Å². The predicted octanol–water partition coefficient (Wildman–Crippen LogP) is 4.55. The van der Waals surface area contributed by atoms with E-state index in [4.69, 9.17) is 16.3 Å². The Labute approximate surface area is 326 Å². The SMILES string of the molecule is N#Cc1ccc(OC2CCC(N3CC=CC=C3N3CCN(C4C[C@@H]5CN(c6ccc7c(c6)C(=O)N(C6CCC(=O)NC6=O)C7=O)C[C@@H]5C4)CC3)CC2)cc1Cl. The lowest BCUT2D eigenvalue weighted by molar-refractivity contribution is -0.136. The fourth-order valence-electron chi connectivity index (χ4n) is 10.2. The highest BCUT2D eigenvalue weighted by molar-refractivity contribution is 6.31. The van der Waals surface area contributed by atoms with E-state index in [0.29, 0.717) is 45.6 Å². The summed E-state index contributed by atoms with van der Waals surface area (Å²) in [7, 11) is 0. The molecule has 2 unspecified atom stereocenters. The minimum atomic E-state index is -0.955. The van der Waals surface area contributed by atoms with E-state index in [2.05, 4.69) is 49.2 Å². The summed E-state index contributed by atoms with van der Waals surface area (Å²) in [6, 6.07) is 13.0. The van der Waals surface area contributed by atoms with Gasteiger partial charge in [-0.05, 0) is 93.2 Å². The maximum Gasteiger partial charge on any atom is 0.262 e. The molecule has 5 aliphatic heterocycles. The molecule has 4 amide bonds. The number of imide groups is 2. The molecule has 0 bridgehead atoms. The first-order chi connectivity index (χ1) is 26.7. The van der Waals surface area contributed by atoms with Gasteiger partial charge in [0.1, 0.15) is 23.7 Å². The first-order valence-corrected chi connectivity index (χ1v) is 20.2. The molecule has 0 aromatic heterocycles. The minimum Gasteiger partial charge on any atom is -0.490 e. The number of nitrogens with zero attached hydrogens (tertiary/aromatic N) is 6. The number of nitriles is 1. The first-order valence-electron chi connectivity index (χ1n) is 19.8. The molecule has 0 spiro atoms. The van der Waals surface area contributed by atoms with Crippen LogP contribution in [-0.4, -0.2) is 113 Å². The molecular weight excluding hydrogens is 718 g/mol. The van der Waals surface area contributed by atoms with Gasteiger partial charge in [-0.15, -0.1) is 0 Å². The standard InChI is InChI=1S/C42H46ClN7O5/c43-36-22-33(8-4-26(36)23-44)55-32-9-5-29(6-10-32)49-14-2-1-3-39(49)47-17-15-46(16-18-47)31-19-27-24-48(25-28(27)20-31)30-7-11-34-35(21-30)42(54)50(41(34)53)37-12-13-38(51)45-40(37)52/h1-4,7-8,11,21-22,27-29,31-32,37H,5-6,9-10,12-20,24-25H2,(H,45,51,52)/t27-,28+,29?,31?,32?,37?. The topological polar surface area (TPSA) is 130 Å². The van der Waals surface area contributed by atoms with E-state index in [-0.39, 0.29) is 24.9 Å². The lowest BCUT2D eigenvalue weighted by Crippen LogP contribution is -2.54. The van der Waals surface area contributed by atoms with E-state index in [0.717, 1.165) is 87.8 Å². The number of carbonyl (C=O) groups excluding carboxylic acids is 4. The number of benzene rings is 2. The summed E-state index contributed by atoms with van der Waals surface area (Å²) in [6.45, 7) is 6.95. The van der Waals surface area contributed by atoms with Crippen LogP contribution in [0.3, 0.4) is 0 Å². The molecule has 1 N–H and O–H groups in total. The zero-order valence-corrected chi connectivity index (χ0v) is 31.6. The lowest BCUT2D eigenvalue weighted by Gasteiger charge is -2.47. The maximum atomic E-state index is 13.4. The van der Waals surface area contributed by atoms with Crippen molar-refractivity contribution >= 4 is 40.9 Å². The minimum absolute atomic E-state index is 0.106. The van der Waals surface area contributed by atoms with Crippen molar-refractivity contribution in [3.63, 3.8) is 0 Å². The molecule has 2 aliphatic carbocycles. The largest absolute Gasteiger partial charge is 0.490 e. The van der Waals surface area contributed by atoms with Crippen LogP contribution < -0.4 is 15.0 Å². The van der Waals surface area contributed by atoms with Crippen LogP contribution in [0.2, 0.25) is 5.02 Å². The van der Waals surface area contributed by atoms with Crippen LogP contribution in [0.5, 0.6) is 5.75 Å². The van der Waals surface area contributed by atoms with Crippen molar-refractivity contribution in [2.24, 2.45) is 11.8 Å². The molecule has 55 heavy (non-hydrogen) atoms. The van der Waals surface area contributed by atoms with Crippen molar-refractivity contribution in [2.75, 3.05) is 50.7 Å². The van der Waals surface area contributed by atoms with Gasteiger partial charge in [0, 0.05) is 76.1 Å². The molecule has 9 rings (SSSR count). The molecule has 2 aromatic rings. The fourth-order valence-corrected chi connectivity index (χ4v) is 10.4. The molecule has 13 heteroatoms. The van der Waals surface area contributed by atoms with Crippen molar-refractivity contribution in [2.45, 2.75) is 75.6 Å². The molecule has 7 aliphatic rings. The number of fused-ring (bicyclic) bond motifs is 2. The second-order valence-electron chi connectivity index (χ2n) is 16.2. The van der Waals surface area contributed by atoms with Crippen molar-refractivity contribution in [3.8, 4) is 11.8 Å². The van der Waals surface area contributed by atoms with Crippen LogP contribution in [-0.2, 0) is 9.59 Å². The van der Waals surface area contributed by atoms with Crippen LogP contribution in [0.15, 0.2) is 60.4 Å². The monoisotopic (exact) mass is 763 g/mol. The summed E-state index contributed by atoms with van der Waals surface area (Å²) in [6.07, 6.45) is 13.6. The number of carbonyl (C=O) groups is 4. The van der Waals surface area contributed by atoms with E-state index in [1.54, 1.807) is 18.2 Å². The van der Waals surface area contributed by atoms with E-state index in [1.165, 1.54) is 18.7 Å². The van der Waals surface area contributed by atoms with Crippen LogP contribution >= 0.6 is 11.6 Å². The Morgan fingerprint density at radius 1 is 0.818 bits per heavy atom. The van der Waals surface area contributed by atoms with Gasteiger partial charge in [0.15, 0.2) is 0 Å². The predicted molar refractivity (Wildman–Crippen MR) is 205 cm³/mol. The Bertz CT molecular complexity index is 2000. The van der Waals surface area contributed by atoms with Gasteiger partial charge in [-0.3, -0.25) is 34.3 Å². The molecule has 5 fully saturated rings. The number of allylic oxidation sites excluding steroid dienone is 2. The van der Waals surface area contributed by atoms with Crippen LogP contribution in [0.25, 0.3) is 0 Å². The number of amides is 4. The Balaban J connectivity index is 0.758. The Morgan fingerprint density at radius 3 is 2.27 bits per heavy atom. The molecular formula is C42H46ClN7O5. The molecule has 2 aromatic carbocycles. The number of piperazine rings is 1. The van der Waals surface area contributed by atoms with Gasteiger partial charge in [-0.2, -0.15) is 5.26 Å². The van der Waals surface area contributed by atoms with E-state index < -0.39 is 23.8 Å². The van der Waals surface area contributed by atoms with Crippen molar-refractivity contribution in [1.82, 2.24) is 24.9 Å². The number of hydrogen-bond acceptors (Lipinski definition) is 10. The number of piperidine rings is 1. The van der Waals surface area contributed by atoms with Gasteiger partial charge < -0.3 is 19.4 Å². The maximum absolute atomic E-state index is 13.4. The average molecular weight is 764 g/mol. The fraction of sp³-hybridized carbons (Fsp3) is 0.500. The summed E-state index contributed by atoms with van der Waals surface area (Å²) >= 11 is 6.24. The van der Waals surface area contributed by atoms with Crippen LogP contribution in [0, 0.1) is 23.2 Å². The van der Waals surface area contributed by atoms with Gasteiger partial charge in [0.25, 0.3) is 11.8 Å².